The number of aliphatic hydroxyl groups is 1. The van der Waals surface area contributed by atoms with Crippen molar-refractivity contribution < 1.29 is 14.6 Å². The Balaban J connectivity index is 2.06. The number of benzene rings is 1. The Kier molecular flexibility index (Phi) is 5.39. The molecule has 4 heteroatoms. The van der Waals surface area contributed by atoms with E-state index in [1.807, 2.05) is 31.2 Å². The van der Waals surface area contributed by atoms with Crippen molar-refractivity contribution in [2.75, 3.05) is 6.61 Å². The molecule has 0 aromatic heterocycles. The van der Waals surface area contributed by atoms with Crippen LogP contribution in [0.4, 0.5) is 0 Å². The molecule has 1 aliphatic heterocycles. The molecule has 0 amide bonds. The maximum Gasteiger partial charge on any atom is 0.185 e. The van der Waals surface area contributed by atoms with E-state index in [4.69, 9.17) is 9.47 Å². The summed E-state index contributed by atoms with van der Waals surface area (Å²) in [5.74, 6) is 0.267. The summed E-state index contributed by atoms with van der Waals surface area (Å²) in [6, 6.07) is 7.96. The van der Waals surface area contributed by atoms with Gasteiger partial charge in [-0.05, 0) is 25.8 Å². The Labute approximate surface area is 123 Å². The molecule has 3 nitrogen and oxygen atoms in total. The van der Waals surface area contributed by atoms with Crippen LogP contribution in [-0.2, 0) is 9.47 Å². The minimum Gasteiger partial charge on any atom is -0.393 e. The molecule has 1 aliphatic rings. The summed E-state index contributed by atoms with van der Waals surface area (Å²) in [6.45, 7) is 4.56. The summed E-state index contributed by atoms with van der Waals surface area (Å²) in [6.07, 6.45) is 1.17. The number of aliphatic hydroxyl groups excluding tert-OH is 1. The maximum atomic E-state index is 9.53. The second kappa shape index (κ2) is 6.84. The third-order valence-electron chi connectivity index (χ3n) is 3.49. The molecular formula is C15H21BrO3. The van der Waals surface area contributed by atoms with Gasteiger partial charge in [0, 0.05) is 16.0 Å². The molecule has 0 bridgehead atoms. The Morgan fingerprint density at radius 2 is 2.16 bits per heavy atom. The van der Waals surface area contributed by atoms with Crippen LogP contribution in [0.2, 0.25) is 0 Å². The van der Waals surface area contributed by atoms with E-state index < -0.39 is 0 Å². The third-order valence-corrected chi connectivity index (χ3v) is 4.21. The van der Waals surface area contributed by atoms with Gasteiger partial charge in [0.25, 0.3) is 0 Å². The van der Waals surface area contributed by atoms with Crippen LogP contribution in [0.1, 0.15) is 38.5 Å². The van der Waals surface area contributed by atoms with E-state index in [0.717, 1.165) is 22.9 Å². The SMILES string of the molecule is CCC1OC(c2ccccc2Br)OCC1CC(C)O. The smallest absolute Gasteiger partial charge is 0.185 e. The average molecular weight is 329 g/mol. The number of hydrogen-bond donors (Lipinski definition) is 1. The van der Waals surface area contributed by atoms with Gasteiger partial charge in [0.1, 0.15) is 0 Å². The van der Waals surface area contributed by atoms with Crippen molar-refractivity contribution in [2.24, 2.45) is 5.92 Å². The monoisotopic (exact) mass is 328 g/mol. The summed E-state index contributed by atoms with van der Waals surface area (Å²) in [7, 11) is 0. The van der Waals surface area contributed by atoms with E-state index in [-0.39, 0.29) is 24.4 Å². The highest BCUT2D eigenvalue weighted by atomic mass is 79.9. The summed E-state index contributed by atoms with van der Waals surface area (Å²) in [5.41, 5.74) is 1.02. The van der Waals surface area contributed by atoms with E-state index in [0.29, 0.717) is 6.61 Å². The highest BCUT2D eigenvalue weighted by Gasteiger charge is 2.32. The molecule has 19 heavy (non-hydrogen) atoms. The van der Waals surface area contributed by atoms with Crippen LogP contribution in [0.25, 0.3) is 0 Å². The van der Waals surface area contributed by atoms with Gasteiger partial charge in [-0.25, -0.2) is 0 Å². The van der Waals surface area contributed by atoms with Crippen LogP contribution in [0.5, 0.6) is 0 Å². The van der Waals surface area contributed by atoms with Crippen molar-refractivity contribution in [3.63, 3.8) is 0 Å². The normalized spacial score (nSPS) is 29.2. The van der Waals surface area contributed by atoms with Gasteiger partial charge in [-0.3, -0.25) is 0 Å². The van der Waals surface area contributed by atoms with E-state index >= 15 is 0 Å². The van der Waals surface area contributed by atoms with Crippen LogP contribution in [0.15, 0.2) is 28.7 Å². The molecule has 1 fully saturated rings. The molecule has 4 atom stereocenters. The van der Waals surface area contributed by atoms with Gasteiger partial charge in [-0.15, -0.1) is 0 Å². The third kappa shape index (κ3) is 3.78. The van der Waals surface area contributed by atoms with Crippen molar-refractivity contribution in [1.29, 1.82) is 0 Å². The van der Waals surface area contributed by atoms with Crippen LogP contribution < -0.4 is 0 Å². The zero-order valence-electron chi connectivity index (χ0n) is 11.4. The molecule has 1 aromatic carbocycles. The molecule has 0 radical (unpaired) electrons. The number of rotatable bonds is 4. The van der Waals surface area contributed by atoms with E-state index in [9.17, 15) is 5.11 Å². The molecule has 0 aliphatic carbocycles. The first-order chi connectivity index (χ1) is 9.11. The highest BCUT2D eigenvalue weighted by molar-refractivity contribution is 9.10. The summed E-state index contributed by atoms with van der Waals surface area (Å²) in [4.78, 5) is 0. The Morgan fingerprint density at radius 3 is 2.79 bits per heavy atom. The van der Waals surface area contributed by atoms with Gasteiger partial charge in [0.05, 0.1) is 18.8 Å². The van der Waals surface area contributed by atoms with Gasteiger partial charge >= 0.3 is 0 Å². The number of halogens is 1. The zero-order valence-corrected chi connectivity index (χ0v) is 13.0. The molecular weight excluding hydrogens is 308 g/mol. The topological polar surface area (TPSA) is 38.7 Å². The molecule has 0 spiro atoms. The van der Waals surface area contributed by atoms with Crippen LogP contribution in [0.3, 0.4) is 0 Å². The van der Waals surface area contributed by atoms with Crippen molar-refractivity contribution in [3.8, 4) is 0 Å². The molecule has 1 N–H and O–H groups in total. The van der Waals surface area contributed by atoms with Crippen LogP contribution in [0, 0.1) is 5.92 Å². The molecule has 0 saturated carbocycles. The first-order valence-electron chi connectivity index (χ1n) is 6.81. The molecule has 1 heterocycles. The molecule has 2 rings (SSSR count). The minimum atomic E-state index is -0.314. The average Bonchev–Trinajstić information content (AvgIpc) is 2.39. The summed E-state index contributed by atoms with van der Waals surface area (Å²) >= 11 is 3.53. The lowest BCUT2D eigenvalue weighted by Gasteiger charge is -2.37. The second-order valence-corrected chi connectivity index (χ2v) is 5.97. The Morgan fingerprint density at radius 1 is 1.42 bits per heavy atom. The number of hydrogen-bond acceptors (Lipinski definition) is 3. The fourth-order valence-corrected chi connectivity index (χ4v) is 3.02. The lowest BCUT2D eigenvalue weighted by atomic mass is 9.94. The Bertz CT molecular complexity index is 408. The van der Waals surface area contributed by atoms with E-state index in [1.165, 1.54) is 0 Å². The summed E-state index contributed by atoms with van der Waals surface area (Å²) < 4.78 is 12.9. The first-order valence-corrected chi connectivity index (χ1v) is 7.60. The van der Waals surface area contributed by atoms with Gasteiger partial charge < -0.3 is 14.6 Å². The van der Waals surface area contributed by atoms with Gasteiger partial charge in [0.15, 0.2) is 6.29 Å². The van der Waals surface area contributed by atoms with Crippen molar-refractivity contribution in [2.45, 2.75) is 45.2 Å². The fraction of sp³-hybridized carbons (Fsp3) is 0.600. The molecule has 1 saturated heterocycles. The lowest BCUT2D eigenvalue weighted by molar-refractivity contribution is -0.245. The van der Waals surface area contributed by atoms with Crippen molar-refractivity contribution >= 4 is 15.9 Å². The standard InChI is InChI=1S/C15H21BrO3/c1-3-14-11(8-10(2)17)9-18-15(19-14)12-6-4-5-7-13(12)16/h4-7,10-11,14-15,17H,3,8-9H2,1-2H3. The van der Waals surface area contributed by atoms with E-state index in [1.54, 1.807) is 0 Å². The fourth-order valence-electron chi connectivity index (χ4n) is 2.54. The predicted molar refractivity (Wildman–Crippen MR) is 77.8 cm³/mol. The van der Waals surface area contributed by atoms with Crippen molar-refractivity contribution in [3.05, 3.63) is 34.3 Å². The first kappa shape index (κ1) is 15.0. The highest BCUT2D eigenvalue weighted by Crippen LogP contribution is 2.35. The van der Waals surface area contributed by atoms with Crippen molar-refractivity contribution in [1.82, 2.24) is 0 Å². The number of ether oxygens (including phenoxy) is 2. The second-order valence-electron chi connectivity index (χ2n) is 5.11. The Hall–Kier alpha value is -0.420. The maximum absolute atomic E-state index is 9.53. The van der Waals surface area contributed by atoms with Crippen LogP contribution in [-0.4, -0.2) is 23.9 Å². The quantitative estimate of drug-likeness (QED) is 0.916. The summed E-state index contributed by atoms with van der Waals surface area (Å²) in [5, 5.41) is 9.53. The molecule has 106 valence electrons. The lowest BCUT2D eigenvalue weighted by Crippen LogP contribution is -2.37. The zero-order chi connectivity index (χ0) is 13.8. The van der Waals surface area contributed by atoms with Gasteiger partial charge in [-0.2, -0.15) is 0 Å². The van der Waals surface area contributed by atoms with Gasteiger partial charge in [0.2, 0.25) is 0 Å². The van der Waals surface area contributed by atoms with E-state index in [2.05, 4.69) is 22.9 Å². The minimum absolute atomic E-state index is 0.139. The molecule has 4 unspecified atom stereocenters. The molecule has 1 aromatic rings. The van der Waals surface area contributed by atoms with Crippen LogP contribution >= 0.6 is 15.9 Å². The largest absolute Gasteiger partial charge is 0.393 e. The van der Waals surface area contributed by atoms with Gasteiger partial charge in [-0.1, -0.05) is 41.1 Å². The predicted octanol–water partition coefficient (Wildman–Crippen LogP) is 3.66.